The Morgan fingerprint density at radius 3 is 2.51 bits per heavy atom. The van der Waals surface area contributed by atoms with Crippen molar-refractivity contribution >= 4 is 17.4 Å². The van der Waals surface area contributed by atoms with Crippen molar-refractivity contribution in [3.8, 4) is 16.9 Å². The molecule has 2 aromatic heterocycles. The molecule has 0 aliphatic carbocycles. The van der Waals surface area contributed by atoms with Gasteiger partial charge >= 0.3 is 6.36 Å². The fourth-order valence-electron chi connectivity index (χ4n) is 3.76. The summed E-state index contributed by atoms with van der Waals surface area (Å²) in [5.41, 5.74) is 1.04. The van der Waals surface area contributed by atoms with Crippen molar-refractivity contribution in [1.29, 1.82) is 0 Å². The molecule has 1 saturated heterocycles. The van der Waals surface area contributed by atoms with Gasteiger partial charge in [-0.2, -0.15) is 0 Å². The average molecular weight is 492 g/mol. The van der Waals surface area contributed by atoms with Crippen molar-refractivity contribution in [2.24, 2.45) is 5.92 Å². The standard InChI is InChI=1S/C23H20F4N4O4/c24-16-5-13(7-28-9-16)19-6-14(8-29-21(19)31-10-15(12-32)20(33)11-31)22(34)30-17-1-3-18(4-2-17)35-23(25,26)27/h1-9,15,20,32-33H,10-12H2,(H,30,34)/t15-,20+/m0/s1. The highest BCUT2D eigenvalue weighted by Crippen LogP contribution is 2.33. The number of hydrogen-bond acceptors (Lipinski definition) is 7. The fourth-order valence-corrected chi connectivity index (χ4v) is 3.76. The number of pyridine rings is 2. The van der Waals surface area contributed by atoms with Gasteiger partial charge in [0.25, 0.3) is 5.91 Å². The molecule has 1 aliphatic rings. The molecule has 3 aromatic rings. The number of β-amino-alcohol motifs (C(OH)–C–C–N with tert-alkyl or cyclic N) is 1. The van der Waals surface area contributed by atoms with Crippen LogP contribution in [-0.4, -0.2) is 58.3 Å². The monoisotopic (exact) mass is 492 g/mol. The molecule has 184 valence electrons. The molecule has 0 radical (unpaired) electrons. The molecular formula is C23H20F4N4O4. The maximum absolute atomic E-state index is 13.9. The topological polar surface area (TPSA) is 108 Å². The van der Waals surface area contributed by atoms with Gasteiger partial charge < -0.3 is 25.2 Å². The lowest BCUT2D eigenvalue weighted by atomic mass is 10.1. The number of aliphatic hydroxyl groups is 2. The number of nitrogens with one attached hydrogen (secondary N) is 1. The van der Waals surface area contributed by atoms with Gasteiger partial charge in [0, 0.05) is 48.2 Å². The number of rotatable bonds is 6. The summed E-state index contributed by atoms with van der Waals surface area (Å²) in [5, 5.41) is 22.2. The van der Waals surface area contributed by atoms with Gasteiger partial charge in [-0.15, -0.1) is 13.2 Å². The molecule has 0 saturated carbocycles. The van der Waals surface area contributed by atoms with Gasteiger partial charge in [0.05, 0.1) is 24.5 Å². The molecule has 3 N–H and O–H groups in total. The third kappa shape index (κ3) is 5.84. The zero-order chi connectivity index (χ0) is 25.2. The molecule has 4 rings (SSSR count). The first kappa shape index (κ1) is 24.4. The van der Waals surface area contributed by atoms with E-state index < -0.39 is 29.9 Å². The zero-order valence-electron chi connectivity index (χ0n) is 18.0. The van der Waals surface area contributed by atoms with E-state index in [0.717, 1.165) is 18.3 Å². The Morgan fingerprint density at radius 1 is 1.14 bits per heavy atom. The molecule has 35 heavy (non-hydrogen) atoms. The van der Waals surface area contributed by atoms with E-state index in [0.29, 0.717) is 23.5 Å². The summed E-state index contributed by atoms with van der Waals surface area (Å²) in [6, 6.07) is 7.32. The molecule has 0 bridgehead atoms. The van der Waals surface area contributed by atoms with Crippen LogP contribution >= 0.6 is 0 Å². The van der Waals surface area contributed by atoms with Crippen molar-refractivity contribution in [2.75, 3.05) is 29.9 Å². The number of halogens is 4. The zero-order valence-corrected chi connectivity index (χ0v) is 18.0. The number of amides is 1. The first-order valence-electron chi connectivity index (χ1n) is 10.4. The van der Waals surface area contributed by atoms with Crippen LogP contribution in [0.1, 0.15) is 10.4 Å². The normalized spacial score (nSPS) is 17.9. The van der Waals surface area contributed by atoms with E-state index in [2.05, 4.69) is 20.0 Å². The number of aromatic nitrogens is 2. The third-order valence-corrected chi connectivity index (χ3v) is 5.43. The van der Waals surface area contributed by atoms with E-state index in [1.165, 1.54) is 36.7 Å². The summed E-state index contributed by atoms with van der Waals surface area (Å²) in [6.07, 6.45) is -1.89. The number of hydrogen-bond donors (Lipinski definition) is 3. The van der Waals surface area contributed by atoms with E-state index in [1.807, 2.05) is 0 Å². The Balaban J connectivity index is 1.61. The molecule has 0 unspecified atom stereocenters. The van der Waals surface area contributed by atoms with Crippen LogP contribution in [-0.2, 0) is 0 Å². The minimum Gasteiger partial charge on any atom is -0.406 e. The Labute approximate surface area is 196 Å². The number of benzene rings is 1. The Kier molecular flexibility index (Phi) is 6.85. The second-order valence-electron chi connectivity index (χ2n) is 7.93. The van der Waals surface area contributed by atoms with Gasteiger partial charge in [0.2, 0.25) is 0 Å². The van der Waals surface area contributed by atoms with Crippen molar-refractivity contribution in [3.63, 3.8) is 0 Å². The van der Waals surface area contributed by atoms with Gasteiger partial charge in [0.15, 0.2) is 0 Å². The summed E-state index contributed by atoms with van der Waals surface area (Å²) in [7, 11) is 0. The Morgan fingerprint density at radius 2 is 1.89 bits per heavy atom. The largest absolute Gasteiger partial charge is 0.573 e. The van der Waals surface area contributed by atoms with Gasteiger partial charge in [-0.1, -0.05) is 0 Å². The van der Waals surface area contributed by atoms with Crippen LogP contribution in [0.4, 0.5) is 29.1 Å². The lowest BCUT2D eigenvalue weighted by molar-refractivity contribution is -0.274. The number of aliphatic hydroxyl groups excluding tert-OH is 2. The van der Waals surface area contributed by atoms with Crippen LogP contribution in [0.25, 0.3) is 11.1 Å². The average Bonchev–Trinajstić information content (AvgIpc) is 3.19. The molecule has 12 heteroatoms. The van der Waals surface area contributed by atoms with E-state index in [4.69, 9.17) is 0 Å². The molecule has 1 aromatic carbocycles. The SMILES string of the molecule is O=C(Nc1ccc(OC(F)(F)F)cc1)c1cnc(N2C[C@@H](CO)[C@H](O)C2)c(-c2cncc(F)c2)c1. The highest BCUT2D eigenvalue weighted by atomic mass is 19.4. The van der Waals surface area contributed by atoms with E-state index in [9.17, 15) is 32.6 Å². The second kappa shape index (κ2) is 9.84. The highest BCUT2D eigenvalue weighted by Gasteiger charge is 2.33. The van der Waals surface area contributed by atoms with Crippen molar-refractivity contribution in [2.45, 2.75) is 12.5 Å². The maximum Gasteiger partial charge on any atom is 0.573 e. The molecule has 2 atom stereocenters. The highest BCUT2D eigenvalue weighted by molar-refractivity contribution is 6.05. The lowest BCUT2D eigenvalue weighted by Crippen LogP contribution is -2.23. The number of alkyl halides is 3. The summed E-state index contributed by atoms with van der Waals surface area (Å²) in [5.74, 6) is -1.65. The van der Waals surface area contributed by atoms with E-state index in [-0.39, 0.29) is 30.3 Å². The summed E-state index contributed by atoms with van der Waals surface area (Å²) in [6.45, 7) is 0.270. The Hall–Kier alpha value is -3.77. The van der Waals surface area contributed by atoms with Crippen LogP contribution < -0.4 is 15.0 Å². The number of anilines is 2. The van der Waals surface area contributed by atoms with Crippen LogP contribution in [0.5, 0.6) is 5.75 Å². The predicted octanol–water partition coefficient (Wildman–Crippen LogP) is 3.22. The van der Waals surface area contributed by atoms with Crippen LogP contribution in [0.15, 0.2) is 55.0 Å². The third-order valence-electron chi connectivity index (χ3n) is 5.43. The van der Waals surface area contributed by atoms with Crippen LogP contribution in [0, 0.1) is 11.7 Å². The second-order valence-corrected chi connectivity index (χ2v) is 7.93. The minimum atomic E-state index is -4.83. The van der Waals surface area contributed by atoms with Crippen LogP contribution in [0.3, 0.4) is 0 Å². The molecule has 0 spiro atoms. The quantitative estimate of drug-likeness (QED) is 0.454. The summed E-state index contributed by atoms with van der Waals surface area (Å²) < 4.78 is 54.7. The van der Waals surface area contributed by atoms with Gasteiger partial charge in [-0.3, -0.25) is 9.78 Å². The van der Waals surface area contributed by atoms with Crippen molar-refractivity contribution in [1.82, 2.24) is 9.97 Å². The smallest absolute Gasteiger partial charge is 0.406 e. The molecule has 1 aliphatic heterocycles. The number of carbonyl (C=O) groups excluding carboxylic acids is 1. The first-order valence-corrected chi connectivity index (χ1v) is 10.4. The summed E-state index contributed by atoms with van der Waals surface area (Å²) >= 11 is 0. The fraction of sp³-hybridized carbons (Fsp3) is 0.261. The molecule has 3 heterocycles. The van der Waals surface area contributed by atoms with Crippen molar-refractivity contribution < 1.29 is 37.3 Å². The molecular weight excluding hydrogens is 472 g/mol. The van der Waals surface area contributed by atoms with Gasteiger partial charge in [-0.25, -0.2) is 9.37 Å². The number of ether oxygens (including phenoxy) is 1. The number of carbonyl (C=O) groups is 1. The number of nitrogens with zero attached hydrogens (tertiary/aromatic N) is 3. The first-order chi connectivity index (χ1) is 16.6. The minimum absolute atomic E-state index is 0.0992. The van der Waals surface area contributed by atoms with Gasteiger partial charge in [0.1, 0.15) is 17.4 Å². The molecule has 8 nitrogen and oxygen atoms in total. The molecule has 1 fully saturated rings. The predicted molar refractivity (Wildman–Crippen MR) is 117 cm³/mol. The maximum atomic E-state index is 13.9. The molecule has 1 amide bonds. The van der Waals surface area contributed by atoms with E-state index in [1.54, 1.807) is 4.90 Å². The Bertz CT molecular complexity index is 1210. The van der Waals surface area contributed by atoms with Crippen molar-refractivity contribution in [3.05, 3.63) is 66.4 Å². The van der Waals surface area contributed by atoms with Crippen LogP contribution in [0.2, 0.25) is 0 Å². The summed E-state index contributed by atoms with van der Waals surface area (Å²) in [4.78, 5) is 22.8. The van der Waals surface area contributed by atoms with Gasteiger partial charge in [-0.05, 0) is 36.4 Å². The lowest BCUT2D eigenvalue weighted by Gasteiger charge is -2.21. The van der Waals surface area contributed by atoms with E-state index >= 15 is 0 Å².